The smallest absolute Gasteiger partial charge is 0.0686 e. The van der Waals surface area contributed by atoms with Crippen LogP contribution >= 0.6 is 0 Å². The Morgan fingerprint density at radius 2 is 1.17 bits per heavy atom. The molecule has 4 heteroatoms. The number of hydrogen-bond acceptors (Lipinski definition) is 3. The molecule has 0 bridgehead atoms. The van der Waals surface area contributed by atoms with Crippen LogP contribution in [0, 0.1) is 0 Å². The van der Waals surface area contributed by atoms with E-state index in [0.29, 0.717) is 0 Å². The monoisotopic (exact) mass is 608 g/mol. The van der Waals surface area contributed by atoms with Gasteiger partial charge >= 0.3 is 0 Å². The average Bonchev–Trinajstić information content (AvgIpc) is 3.52. The molecule has 10 rings (SSSR count). The zero-order chi connectivity index (χ0) is 32.0. The van der Waals surface area contributed by atoms with E-state index in [4.69, 9.17) is 0 Å². The number of anilines is 3. The Morgan fingerprint density at radius 1 is 0.489 bits per heavy atom. The van der Waals surface area contributed by atoms with Crippen LogP contribution in [0.5, 0.6) is 0 Å². The molecule has 47 heavy (non-hydrogen) atoms. The van der Waals surface area contributed by atoms with Crippen molar-refractivity contribution in [1.82, 2.24) is 14.5 Å². The molecule has 0 fully saturated rings. The SMILES string of the molecule is CC1(C)c2ccccc2-c2cc3c(cc21)c1ccccc1n3-c1cc2c3c(c1)C(C)(C)c1cnccc1N3c1cnccc1C2(C)C. The maximum absolute atomic E-state index is 4.63. The standard InChI is InChI=1S/C43H36N4/c1-41(2)30-13-9-7-11-26(30)28-22-38-29(21-32(28)41)27-12-8-10-14-36(27)46(38)25-19-33-40-34(20-25)43(5,6)35-23-44-18-16-37(35)47(40)39-24-45-17-15-31(39)42(33,3)4/h7-24H,1-6H3. The lowest BCUT2D eigenvalue weighted by atomic mass is 9.66. The van der Waals surface area contributed by atoms with Crippen LogP contribution in [0.4, 0.5) is 17.1 Å². The van der Waals surface area contributed by atoms with Crippen molar-refractivity contribution in [3.63, 3.8) is 0 Å². The number of aromatic nitrogens is 3. The van der Waals surface area contributed by atoms with Crippen LogP contribution in [-0.2, 0) is 16.2 Å². The molecule has 0 unspecified atom stereocenters. The topological polar surface area (TPSA) is 34.0 Å². The summed E-state index contributed by atoms with van der Waals surface area (Å²) in [5.41, 5.74) is 17.4. The molecule has 0 radical (unpaired) electrons. The lowest BCUT2D eigenvalue weighted by Crippen LogP contribution is -2.38. The number of nitrogens with zero attached hydrogens (tertiary/aromatic N) is 4. The second-order valence-corrected chi connectivity index (χ2v) is 15.2. The van der Waals surface area contributed by atoms with Crippen molar-refractivity contribution in [2.75, 3.05) is 4.90 Å². The molecular formula is C43H36N4. The second-order valence-electron chi connectivity index (χ2n) is 15.2. The summed E-state index contributed by atoms with van der Waals surface area (Å²) in [7, 11) is 0. The van der Waals surface area contributed by atoms with E-state index in [-0.39, 0.29) is 16.2 Å². The fraction of sp³-hybridized carbons (Fsp3) is 0.209. The van der Waals surface area contributed by atoms with E-state index < -0.39 is 0 Å². The van der Waals surface area contributed by atoms with Crippen molar-refractivity contribution >= 4 is 38.9 Å². The molecule has 5 heterocycles. The maximum Gasteiger partial charge on any atom is 0.0686 e. The Hall–Kier alpha value is -5.22. The molecule has 0 saturated carbocycles. The highest BCUT2D eigenvalue weighted by Gasteiger charge is 2.46. The van der Waals surface area contributed by atoms with Crippen molar-refractivity contribution in [1.29, 1.82) is 0 Å². The number of rotatable bonds is 1. The van der Waals surface area contributed by atoms with Gasteiger partial charge in [-0.15, -0.1) is 0 Å². The van der Waals surface area contributed by atoms with Gasteiger partial charge in [0, 0.05) is 56.9 Å². The Balaban J connectivity index is 1.33. The third-order valence-corrected chi connectivity index (χ3v) is 11.7. The molecule has 228 valence electrons. The predicted octanol–water partition coefficient (Wildman–Crippen LogP) is 10.6. The minimum atomic E-state index is -0.265. The van der Waals surface area contributed by atoms with Crippen LogP contribution in [0.1, 0.15) is 74.9 Å². The van der Waals surface area contributed by atoms with Crippen molar-refractivity contribution in [2.45, 2.75) is 57.8 Å². The van der Waals surface area contributed by atoms with Gasteiger partial charge in [-0.2, -0.15) is 0 Å². The largest absolute Gasteiger partial charge is 0.309 e. The number of para-hydroxylation sites is 1. The van der Waals surface area contributed by atoms with E-state index in [2.05, 4.69) is 152 Å². The predicted molar refractivity (Wildman–Crippen MR) is 193 cm³/mol. The molecule has 0 spiro atoms. The van der Waals surface area contributed by atoms with E-state index in [0.717, 1.165) is 5.69 Å². The van der Waals surface area contributed by atoms with Crippen molar-refractivity contribution in [2.24, 2.45) is 0 Å². The summed E-state index contributed by atoms with van der Waals surface area (Å²) in [6.07, 6.45) is 7.95. The number of pyridine rings is 2. The van der Waals surface area contributed by atoms with Crippen molar-refractivity contribution in [3.8, 4) is 16.8 Å². The Bertz CT molecular complexity index is 2430. The van der Waals surface area contributed by atoms with E-state index in [1.165, 1.54) is 83.4 Å². The third kappa shape index (κ3) is 3.18. The van der Waals surface area contributed by atoms with E-state index in [1.54, 1.807) is 0 Å². The molecular weight excluding hydrogens is 573 g/mol. The first-order valence-corrected chi connectivity index (χ1v) is 16.7. The van der Waals surface area contributed by atoms with E-state index >= 15 is 0 Å². The second kappa shape index (κ2) is 8.57. The highest BCUT2D eigenvalue weighted by atomic mass is 15.2. The fourth-order valence-electron chi connectivity index (χ4n) is 9.20. The first-order valence-electron chi connectivity index (χ1n) is 16.7. The van der Waals surface area contributed by atoms with Crippen LogP contribution in [0.25, 0.3) is 38.6 Å². The lowest BCUT2D eigenvalue weighted by molar-refractivity contribution is 0.594. The zero-order valence-corrected chi connectivity index (χ0v) is 27.7. The van der Waals surface area contributed by atoms with Gasteiger partial charge in [-0.25, -0.2) is 0 Å². The van der Waals surface area contributed by atoms with Gasteiger partial charge in [0.25, 0.3) is 0 Å². The van der Waals surface area contributed by atoms with Crippen molar-refractivity contribution < 1.29 is 0 Å². The van der Waals surface area contributed by atoms with E-state index in [1.807, 2.05) is 18.6 Å². The summed E-state index contributed by atoms with van der Waals surface area (Å²) in [5.74, 6) is 0. The normalized spacial score (nSPS) is 17.2. The van der Waals surface area contributed by atoms with Gasteiger partial charge in [-0.3, -0.25) is 9.97 Å². The van der Waals surface area contributed by atoms with Gasteiger partial charge in [0.1, 0.15) is 0 Å². The summed E-state index contributed by atoms with van der Waals surface area (Å²) >= 11 is 0. The molecule has 1 aliphatic carbocycles. The fourth-order valence-corrected chi connectivity index (χ4v) is 9.20. The van der Waals surface area contributed by atoms with Gasteiger partial charge < -0.3 is 9.47 Å². The molecule has 0 saturated heterocycles. The molecule has 0 atom stereocenters. The molecule has 0 amide bonds. The lowest BCUT2D eigenvalue weighted by Gasteiger charge is -2.49. The zero-order valence-electron chi connectivity index (χ0n) is 27.7. The molecule has 0 N–H and O–H groups in total. The molecule has 3 aliphatic rings. The van der Waals surface area contributed by atoms with Gasteiger partial charge in [-0.1, -0.05) is 84.0 Å². The molecule has 2 aliphatic heterocycles. The third-order valence-electron chi connectivity index (χ3n) is 11.7. The summed E-state index contributed by atoms with van der Waals surface area (Å²) in [5, 5.41) is 2.59. The molecule has 4 aromatic carbocycles. The van der Waals surface area contributed by atoms with Crippen LogP contribution in [0.2, 0.25) is 0 Å². The number of benzene rings is 4. The van der Waals surface area contributed by atoms with Crippen molar-refractivity contribution in [3.05, 3.63) is 143 Å². The van der Waals surface area contributed by atoms with Crippen LogP contribution in [-0.4, -0.2) is 14.5 Å². The summed E-state index contributed by atoms with van der Waals surface area (Å²) < 4.78 is 2.52. The van der Waals surface area contributed by atoms with Gasteiger partial charge in [-0.05, 0) is 81.4 Å². The molecule has 7 aromatic rings. The minimum absolute atomic E-state index is 0.0551. The first-order chi connectivity index (χ1) is 22.6. The molecule has 4 nitrogen and oxygen atoms in total. The Kier molecular flexibility index (Phi) is 4.91. The Morgan fingerprint density at radius 3 is 2.00 bits per heavy atom. The minimum Gasteiger partial charge on any atom is -0.309 e. The Labute approximate surface area is 275 Å². The van der Waals surface area contributed by atoms with Crippen LogP contribution in [0.3, 0.4) is 0 Å². The summed E-state index contributed by atoms with van der Waals surface area (Å²) in [6, 6.07) is 32.1. The van der Waals surface area contributed by atoms with E-state index in [9.17, 15) is 0 Å². The van der Waals surface area contributed by atoms with Crippen LogP contribution in [0.15, 0.2) is 110 Å². The summed E-state index contributed by atoms with van der Waals surface area (Å²) in [6.45, 7) is 14.2. The van der Waals surface area contributed by atoms with Gasteiger partial charge in [0.05, 0.1) is 34.3 Å². The average molecular weight is 609 g/mol. The number of hydrogen-bond donors (Lipinski definition) is 0. The van der Waals surface area contributed by atoms with Gasteiger partial charge in [0.2, 0.25) is 0 Å². The highest BCUT2D eigenvalue weighted by molar-refractivity contribution is 6.11. The van der Waals surface area contributed by atoms with Crippen LogP contribution < -0.4 is 4.90 Å². The van der Waals surface area contributed by atoms with Gasteiger partial charge in [0.15, 0.2) is 0 Å². The quantitative estimate of drug-likeness (QED) is 0.186. The first kappa shape index (κ1) is 26.9. The highest BCUT2D eigenvalue weighted by Crippen LogP contribution is 2.60. The summed E-state index contributed by atoms with van der Waals surface area (Å²) in [4.78, 5) is 11.7. The number of fused-ring (bicyclic) bond motifs is 10. The molecule has 3 aromatic heterocycles. The maximum atomic E-state index is 4.63.